The lowest BCUT2D eigenvalue weighted by Gasteiger charge is -2.18. The first-order valence-corrected chi connectivity index (χ1v) is 10.1. The summed E-state index contributed by atoms with van der Waals surface area (Å²) in [7, 11) is -4.98. The van der Waals surface area contributed by atoms with E-state index < -0.39 is 37.1 Å². The van der Waals surface area contributed by atoms with Gasteiger partial charge in [0.15, 0.2) is 0 Å². The van der Waals surface area contributed by atoms with Crippen LogP contribution in [-0.2, 0) is 14.6 Å². The highest BCUT2D eigenvalue weighted by Crippen LogP contribution is 2.32. The van der Waals surface area contributed by atoms with Gasteiger partial charge < -0.3 is 10.2 Å². The average molecular weight is 425 g/mol. The van der Waals surface area contributed by atoms with Crippen LogP contribution in [0.25, 0.3) is 0 Å². The molecule has 1 N–H and O–H groups in total. The zero-order valence-corrected chi connectivity index (χ0v) is 16.0. The highest BCUT2D eigenvalue weighted by molar-refractivity contribution is 7.91. The Labute approximate surface area is 165 Å². The summed E-state index contributed by atoms with van der Waals surface area (Å²) in [6.07, 6.45) is 0.362. The van der Waals surface area contributed by atoms with Crippen molar-refractivity contribution in [1.82, 2.24) is 0 Å². The molecule has 0 aliphatic carbocycles. The minimum absolute atomic E-state index is 0.118. The molecule has 2 aromatic rings. The van der Waals surface area contributed by atoms with Crippen LogP contribution in [0.15, 0.2) is 47.4 Å². The van der Waals surface area contributed by atoms with E-state index in [2.05, 4.69) is 5.32 Å². The van der Waals surface area contributed by atoms with Crippen LogP contribution in [0.2, 0.25) is 0 Å². The molecule has 11 heteroatoms. The van der Waals surface area contributed by atoms with E-state index in [0.717, 1.165) is 17.7 Å². The molecule has 0 spiro atoms. The van der Waals surface area contributed by atoms with Crippen molar-refractivity contribution in [3.8, 4) is 0 Å². The molecule has 29 heavy (non-hydrogen) atoms. The summed E-state index contributed by atoms with van der Waals surface area (Å²) in [5.41, 5.74) is 0.906. The van der Waals surface area contributed by atoms with Crippen LogP contribution >= 0.6 is 0 Å². The van der Waals surface area contributed by atoms with Gasteiger partial charge in [-0.15, -0.1) is 0 Å². The number of hydrogen-bond acceptors (Lipinski definition) is 6. The molecule has 1 unspecified atom stereocenters. The molecule has 1 fully saturated rings. The Bertz CT molecular complexity index is 1060. The number of anilines is 2. The first-order valence-electron chi connectivity index (χ1n) is 8.56. The molecule has 3 rings (SSSR count). The number of amides is 1. The van der Waals surface area contributed by atoms with Gasteiger partial charge in [0.1, 0.15) is 11.7 Å². The second-order valence-electron chi connectivity index (χ2n) is 6.55. The number of nitro benzene ring substituents is 1. The van der Waals surface area contributed by atoms with Gasteiger partial charge in [0.25, 0.3) is 5.69 Å². The summed E-state index contributed by atoms with van der Waals surface area (Å²) in [5, 5.41) is 14.1. The van der Waals surface area contributed by atoms with Crippen molar-refractivity contribution in [2.45, 2.75) is 30.0 Å². The van der Waals surface area contributed by atoms with Crippen LogP contribution in [0.4, 0.5) is 25.8 Å². The van der Waals surface area contributed by atoms with E-state index in [-0.39, 0.29) is 11.6 Å². The van der Waals surface area contributed by atoms with E-state index in [1.807, 2.05) is 19.1 Å². The molecule has 1 amide bonds. The Kier molecular flexibility index (Phi) is 5.51. The van der Waals surface area contributed by atoms with Gasteiger partial charge in [-0.05, 0) is 37.6 Å². The van der Waals surface area contributed by atoms with Crippen molar-refractivity contribution in [3.63, 3.8) is 0 Å². The maximum absolute atomic E-state index is 12.7. The number of carbonyl (C=O) groups is 1. The van der Waals surface area contributed by atoms with Crippen molar-refractivity contribution in [1.29, 1.82) is 0 Å². The molecule has 0 aromatic heterocycles. The van der Waals surface area contributed by atoms with Crippen molar-refractivity contribution >= 4 is 32.8 Å². The third kappa shape index (κ3) is 4.04. The van der Waals surface area contributed by atoms with Crippen LogP contribution < -0.4 is 10.2 Å². The summed E-state index contributed by atoms with van der Waals surface area (Å²) < 4.78 is 48.6. The number of aryl methyl sites for hydroxylation is 1. The topological polar surface area (TPSA) is 110 Å². The predicted octanol–water partition coefficient (Wildman–Crippen LogP) is 3.12. The van der Waals surface area contributed by atoms with Crippen LogP contribution in [-0.4, -0.2) is 37.6 Å². The largest absolute Gasteiger partial charge is 0.368 e. The first kappa shape index (κ1) is 20.6. The highest BCUT2D eigenvalue weighted by Gasteiger charge is 2.35. The van der Waals surface area contributed by atoms with E-state index in [4.69, 9.17) is 0 Å². The number of nitrogens with one attached hydrogen (secondary N) is 1. The third-order valence-corrected chi connectivity index (χ3v) is 5.99. The number of rotatable bonds is 6. The number of halogens is 2. The predicted molar refractivity (Wildman–Crippen MR) is 102 cm³/mol. The van der Waals surface area contributed by atoms with Gasteiger partial charge in [-0.1, -0.05) is 17.7 Å². The summed E-state index contributed by atoms with van der Waals surface area (Å²) in [6.45, 7) is 2.31. The fraction of sp³-hybridized carbons (Fsp3) is 0.278. The van der Waals surface area contributed by atoms with E-state index >= 15 is 0 Å². The van der Waals surface area contributed by atoms with E-state index in [1.54, 1.807) is 17.0 Å². The molecule has 8 nitrogen and oxygen atoms in total. The molecular formula is C18H17F2N3O5S. The molecule has 0 radical (unpaired) electrons. The summed E-state index contributed by atoms with van der Waals surface area (Å²) in [4.78, 5) is 23.8. The van der Waals surface area contributed by atoms with Gasteiger partial charge in [-0.2, -0.15) is 8.78 Å². The quantitative estimate of drug-likeness (QED) is 0.563. The zero-order valence-electron chi connectivity index (χ0n) is 15.2. The Morgan fingerprint density at radius 1 is 1.21 bits per heavy atom. The van der Waals surface area contributed by atoms with Gasteiger partial charge in [0.05, 0.1) is 9.82 Å². The first-order chi connectivity index (χ1) is 13.6. The van der Waals surface area contributed by atoms with Crippen molar-refractivity contribution < 1.29 is 26.9 Å². The van der Waals surface area contributed by atoms with Crippen LogP contribution in [0.5, 0.6) is 0 Å². The molecule has 0 bridgehead atoms. The fourth-order valence-corrected chi connectivity index (χ4v) is 3.79. The monoisotopic (exact) mass is 425 g/mol. The van der Waals surface area contributed by atoms with Gasteiger partial charge in [-0.3, -0.25) is 14.9 Å². The number of benzene rings is 2. The second-order valence-corrected chi connectivity index (χ2v) is 8.47. The number of nitrogens with zero attached hydrogens (tertiary/aromatic N) is 2. The Balaban J connectivity index is 1.85. The number of hydrogen-bond donors (Lipinski definition) is 1. The van der Waals surface area contributed by atoms with Crippen molar-refractivity contribution in [2.75, 3.05) is 16.8 Å². The summed E-state index contributed by atoms with van der Waals surface area (Å²) >= 11 is 0. The van der Waals surface area contributed by atoms with Crippen LogP contribution in [0.3, 0.4) is 0 Å². The average Bonchev–Trinajstić information content (AvgIpc) is 3.02. The molecule has 1 heterocycles. The van der Waals surface area contributed by atoms with Crippen molar-refractivity contribution in [3.05, 3.63) is 58.1 Å². The highest BCUT2D eigenvalue weighted by atomic mass is 32.2. The molecule has 0 saturated carbocycles. The van der Waals surface area contributed by atoms with E-state index in [9.17, 15) is 32.1 Å². The Hall–Kier alpha value is -3.08. The third-order valence-electron chi connectivity index (χ3n) is 4.61. The Morgan fingerprint density at radius 3 is 2.45 bits per heavy atom. The van der Waals surface area contributed by atoms with Crippen molar-refractivity contribution in [2.24, 2.45) is 0 Å². The number of alkyl halides is 2. The van der Waals surface area contributed by atoms with Gasteiger partial charge in [0.2, 0.25) is 15.7 Å². The SMILES string of the molecule is Cc1ccc(N2CCC(Nc3ccc(S(=O)(=O)C(F)F)cc3[N+](=O)[O-])C2=O)cc1. The normalized spacial score (nSPS) is 17.0. The number of nitro groups is 1. The summed E-state index contributed by atoms with van der Waals surface area (Å²) in [6, 6.07) is 8.98. The second kappa shape index (κ2) is 7.74. The Morgan fingerprint density at radius 2 is 1.86 bits per heavy atom. The fourth-order valence-electron chi connectivity index (χ4n) is 3.05. The molecule has 1 atom stereocenters. The zero-order chi connectivity index (χ0) is 21.3. The lowest BCUT2D eigenvalue weighted by Crippen LogP contribution is -2.33. The van der Waals surface area contributed by atoms with Gasteiger partial charge >= 0.3 is 5.76 Å². The lowest BCUT2D eigenvalue weighted by molar-refractivity contribution is -0.384. The van der Waals surface area contributed by atoms with E-state index in [1.165, 1.54) is 0 Å². The van der Waals surface area contributed by atoms with E-state index in [0.29, 0.717) is 24.7 Å². The molecule has 154 valence electrons. The maximum atomic E-state index is 12.7. The molecule has 1 aliphatic rings. The van der Waals surface area contributed by atoms with Crippen LogP contribution in [0, 0.1) is 17.0 Å². The number of carbonyl (C=O) groups excluding carboxylic acids is 1. The van der Waals surface area contributed by atoms with Gasteiger partial charge in [-0.25, -0.2) is 8.42 Å². The molecular weight excluding hydrogens is 408 g/mol. The molecule has 1 saturated heterocycles. The molecule has 1 aliphatic heterocycles. The summed E-state index contributed by atoms with van der Waals surface area (Å²) in [5.74, 6) is -3.99. The molecule has 2 aromatic carbocycles. The minimum atomic E-state index is -4.98. The number of sulfone groups is 1. The smallest absolute Gasteiger partial charge is 0.341 e. The van der Waals surface area contributed by atoms with Crippen LogP contribution in [0.1, 0.15) is 12.0 Å². The lowest BCUT2D eigenvalue weighted by atomic mass is 10.2. The van der Waals surface area contributed by atoms with Gasteiger partial charge in [0, 0.05) is 18.3 Å². The standard InChI is InChI=1S/C18H17F2N3O5S/c1-11-2-4-12(5-3-11)22-9-8-15(17(22)24)21-14-7-6-13(10-16(14)23(25)26)29(27,28)18(19)20/h2-7,10,15,18,21H,8-9H2,1H3. The minimum Gasteiger partial charge on any atom is -0.368 e. The maximum Gasteiger partial charge on any atom is 0.341 e.